The lowest BCUT2D eigenvalue weighted by molar-refractivity contribution is 0.729. The number of unbranched alkanes of at least 4 members (excludes halogenated alkanes) is 3. The Kier molecular flexibility index (Phi) is 8.15. The second-order valence-corrected chi connectivity index (χ2v) is 2.28. The minimum Gasteiger partial charge on any atom is -0.203 e. The Morgan fingerprint density at radius 2 is 2.30 bits per heavy atom. The summed E-state index contributed by atoms with van der Waals surface area (Å²) in [6, 6.07) is 0. The van der Waals surface area contributed by atoms with Gasteiger partial charge in [0.25, 0.3) is 0 Å². The van der Waals surface area contributed by atoms with Crippen LogP contribution < -0.4 is 0 Å². The number of thiocarbonyl (C=S) groups is 1. The fraction of sp³-hybridized carbons (Fsp3) is 0.625. The highest BCUT2D eigenvalue weighted by Crippen LogP contribution is 1.98. The first kappa shape index (κ1) is 9.54. The number of nitrogens with zero attached hydrogens (tertiary/aromatic N) is 1. The highest BCUT2D eigenvalue weighted by molar-refractivity contribution is 7.78. The van der Waals surface area contributed by atoms with E-state index < -0.39 is 0 Å². The van der Waals surface area contributed by atoms with Crippen molar-refractivity contribution < 1.29 is 0 Å². The maximum absolute atomic E-state index is 4.38. The summed E-state index contributed by atoms with van der Waals surface area (Å²) in [7, 11) is 0. The number of isothiocyanates is 1. The molecule has 0 aromatic rings. The number of aliphatic imine (C=N–C) groups is 1. The Bertz CT molecular complexity index is 134. The lowest BCUT2D eigenvalue weighted by Gasteiger charge is -1.88. The third-order valence-electron chi connectivity index (χ3n) is 1.21. The molecule has 0 heterocycles. The van der Waals surface area contributed by atoms with Crippen LogP contribution in [0, 0.1) is 0 Å². The van der Waals surface area contributed by atoms with Crippen LogP contribution in [0.25, 0.3) is 0 Å². The summed E-state index contributed by atoms with van der Waals surface area (Å²) < 4.78 is 0. The van der Waals surface area contributed by atoms with E-state index in [2.05, 4.69) is 29.3 Å². The van der Waals surface area contributed by atoms with Crippen LogP contribution in [-0.4, -0.2) is 5.16 Å². The normalized spacial score (nSPS) is 9.70. The SMILES string of the molecule is CCCCCC=CN=C=S. The van der Waals surface area contributed by atoms with Gasteiger partial charge in [-0.3, -0.25) is 0 Å². The molecule has 0 saturated carbocycles. The molecule has 0 fully saturated rings. The van der Waals surface area contributed by atoms with Gasteiger partial charge in [-0.1, -0.05) is 25.8 Å². The van der Waals surface area contributed by atoms with Gasteiger partial charge in [-0.15, -0.1) is 0 Å². The standard InChI is InChI=1S/C8H13NS/c1-2-3-4-5-6-7-9-8-10/h6-7H,2-5H2,1H3. The van der Waals surface area contributed by atoms with Gasteiger partial charge in [0.15, 0.2) is 0 Å². The quantitative estimate of drug-likeness (QED) is 0.337. The molecule has 56 valence electrons. The highest BCUT2D eigenvalue weighted by Gasteiger charge is 1.79. The average Bonchev–Trinajstić information content (AvgIpc) is 1.97. The number of hydrogen-bond acceptors (Lipinski definition) is 2. The van der Waals surface area contributed by atoms with Crippen molar-refractivity contribution in [2.75, 3.05) is 0 Å². The summed E-state index contributed by atoms with van der Waals surface area (Å²) in [5.41, 5.74) is 0. The van der Waals surface area contributed by atoms with E-state index in [-0.39, 0.29) is 0 Å². The fourth-order valence-corrected chi connectivity index (χ4v) is 0.731. The van der Waals surface area contributed by atoms with Crippen LogP contribution >= 0.6 is 12.2 Å². The van der Waals surface area contributed by atoms with Crippen LogP contribution in [0.2, 0.25) is 0 Å². The molecular weight excluding hydrogens is 142 g/mol. The molecule has 0 radical (unpaired) electrons. The van der Waals surface area contributed by atoms with Crippen LogP contribution in [0.5, 0.6) is 0 Å². The van der Waals surface area contributed by atoms with Crippen LogP contribution in [-0.2, 0) is 0 Å². The van der Waals surface area contributed by atoms with E-state index in [1.807, 2.05) is 6.08 Å². The molecule has 0 rings (SSSR count). The van der Waals surface area contributed by atoms with E-state index in [1.165, 1.54) is 19.3 Å². The van der Waals surface area contributed by atoms with E-state index >= 15 is 0 Å². The van der Waals surface area contributed by atoms with Gasteiger partial charge < -0.3 is 0 Å². The first-order valence-electron chi connectivity index (χ1n) is 3.63. The van der Waals surface area contributed by atoms with Crippen molar-refractivity contribution in [3.63, 3.8) is 0 Å². The molecule has 0 unspecified atom stereocenters. The topological polar surface area (TPSA) is 12.4 Å². The first-order valence-corrected chi connectivity index (χ1v) is 4.04. The van der Waals surface area contributed by atoms with Crippen molar-refractivity contribution >= 4 is 17.4 Å². The predicted octanol–water partition coefficient (Wildman–Crippen LogP) is 3.18. The molecule has 0 aliphatic carbocycles. The zero-order valence-electron chi connectivity index (χ0n) is 6.34. The van der Waals surface area contributed by atoms with Crippen molar-refractivity contribution in [1.29, 1.82) is 0 Å². The minimum absolute atomic E-state index is 1.11. The molecule has 0 N–H and O–H groups in total. The number of rotatable bonds is 5. The lowest BCUT2D eigenvalue weighted by atomic mass is 10.2. The smallest absolute Gasteiger partial charge is 0.0634 e. The predicted molar refractivity (Wildman–Crippen MR) is 48.3 cm³/mol. The molecule has 0 atom stereocenters. The molecule has 1 nitrogen and oxygen atoms in total. The van der Waals surface area contributed by atoms with E-state index in [4.69, 9.17) is 0 Å². The second-order valence-electron chi connectivity index (χ2n) is 2.10. The van der Waals surface area contributed by atoms with Crippen molar-refractivity contribution in [2.24, 2.45) is 4.99 Å². The van der Waals surface area contributed by atoms with Crippen molar-refractivity contribution in [2.45, 2.75) is 32.6 Å². The van der Waals surface area contributed by atoms with Gasteiger partial charge in [-0.25, -0.2) is 4.99 Å². The van der Waals surface area contributed by atoms with Gasteiger partial charge in [0.1, 0.15) is 0 Å². The molecular formula is C8H13NS. The molecule has 0 aliphatic rings. The van der Waals surface area contributed by atoms with E-state index in [1.54, 1.807) is 6.20 Å². The summed E-state index contributed by atoms with van der Waals surface area (Å²) in [6.45, 7) is 2.19. The van der Waals surface area contributed by atoms with Crippen molar-refractivity contribution in [1.82, 2.24) is 0 Å². The molecule has 0 bridgehead atoms. The van der Waals surface area contributed by atoms with Gasteiger partial charge in [-0.05, 0) is 25.1 Å². The minimum atomic E-state index is 1.11. The van der Waals surface area contributed by atoms with Gasteiger partial charge in [0.05, 0.1) is 5.16 Å². The Morgan fingerprint density at radius 1 is 1.50 bits per heavy atom. The van der Waals surface area contributed by atoms with E-state index in [0.717, 1.165) is 6.42 Å². The Hall–Kier alpha value is -0.460. The van der Waals surface area contributed by atoms with Crippen LogP contribution in [0.15, 0.2) is 17.3 Å². The summed E-state index contributed by atoms with van der Waals surface area (Å²) in [4.78, 5) is 3.65. The average molecular weight is 155 g/mol. The molecule has 0 aromatic heterocycles. The van der Waals surface area contributed by atoms with E-state index in [0.29, 0.717) is 0 Å². The van der Waals surface area contributed by atoms with Crippen LogP contribution in [0.3, 0.4) is 0 Å². The van der Waals surface area contributed by atoms with Gasteiger partial charge in [-0.2, -0.15) is 0 Å². The summed E-state index contributed by atoms with van der Waals surface area (Å²) >= 11 is 4.38. The monoisotopic (exact) mass is 155 g/mol. The molecule has 0 saturated heterocycles. The van der Waals surface area contributed by atoms with E-state index in [9.17, 15) is 0 Å². The van der Waals surface area contributed by atoms with Gasteiger partial charge in [0, 0.05) is 6.20 Å². The van der Waals surface area contributed by atoms with Gasteiger partial charge >= 0.3 is 0 Å². The highest BCUT2D eigenvalue weighted by atomic mass is 32.1. The summed E-state index contributed by atoms with van der Waals surface area (Å²) in [5.74, 6) is 0. The summed E-state index contributed by atoms with van der Waals surface area (Å²) in [6.07, 6.45) is 8.65. The number of allylic oxidation sites excluding steroid dienone is 1. The molecule has 0 aromatic carbocycles. The largest absolute Gasteiger partial charge is 0.203 e. The number of hydrogen-bond donors (Lipinski definition) is 0. The molecule has 0 aliphatic heterocycles. The van der Waals surface area contributed by atoms with Crippen molar-refractivity contribution in [3.05, 3.63) is 12.3 Å². The zero-order valence-corrected chi connectivity index (χ0v) is 7.16. The maximum atomic E-state index is 4.38. The third kappa shape index (κ3) is 7.54. The molecule has 0 amide bonds. The molecule has 10 heavy (non-hydrogen) atoms. The third-order valence-corrected chi connectivity index (χ3v) is 1.31. The molecule has 2 heteroatoms. The zero-order chi connectivity index (χ0) is 7.66. The van der Waals surface area contributed by atoms with Crippen LogP contribution in [0.1, 0.15) is 32.6 Å². The fourth-order valence-electron chi connectivity index (χ4n) is 0.670. The van der Waals surface area contributed by atoms with Crippen LogP contribution in [0.4, 0.5) is 0 Å². The maximum Gasteiger partial charge on any atom is 0.0634 e. The van der Waals surface area contributed by atoms with Gasteiger partial charge in [0.2, 0.25) is 0 Å². The second kappa shape index (κ2) is 8.54. The summed E-state index contributed by atoms with van der Waals surface area (Å²) in [5, 5.41) is 2.28. The molecule has 0 spiro atoms. The lowest BCUT2D eigenvalue weighted by Crippen LogP contribution is -1.69. The Morgan fingerprint density at radius 3 is 2.90 bits per heavy atom. The Labute approximate surface area is 67.9 Å². The first-order chi connectivity index (χ1) is 4.91. The van der Waals surface area contributed by atoms with Crippen molar-refractivity contribution in [3.8, 4) is 0 Å². The Balaban J connectivity index is 3.10.